The van der Waals surface area contributed by atoms with Crippen molar-refractivity contribution in [1.82, 2.24) is 4.57 Å². The van der Waals surface area contributed by atoms with Crippen LogP contribution in [0.4, 0.5) is 15.9 Å². The molecular weight excluding hydrogens is 333 g/mol. The third-order valence-electron chi connectivity index (χ3n) is 2.69. The van der Waals surface area contributed by atoms with Crippen molar-refractivity contribution in [3.8, 4) is 0 Å². The van der Waals surface area contributed by atoms with Gasteiger partial charge < -0.3 is 15.4 Å². The maximum Gasteiger partial charge on any atom is 0.323 e. The average molecular weight is 342 g/mol. The summed E-state index contributed by atoms with van der Waals surface area (Å²) in [5.74, 6) is -1.26. The fourth-order valence-corrected chi connectivity index (χ4v) is 2.04. The van der Waals surface area contributed by atoms with Gasteiger partial charge in [0.15, 0.2) is 5.69 Å². The molecule has 0 aliphatic carbocycles. The fourth-order valence-electron chi connectivity index (χ4n) is 1.69. The topological polar surface area (TPSA) is 77.2 Å². The molecule has 104 valence electrons. The molecule has 2 rings (SSSR count). The number of aromatic nitrogens is 1. The van der Waals surface area contributed by atoms with E-state index < -0.39 is 16.6 Å². The van der Waals surface area contributed by atoms with E-state index in [1.54, 1.807) is 0 Å². The molecule has 0 spiro atoms. The molecule has 0 fully saturated rings. The van der Waals surface area contributed by atoms with Crippen molar-refractivity contribution in [2.45, 2.75) is 0 Å². The number of anilines is 1. The monoisotopic (exact) mass is 341 g/mol. The largest absolute Gasteiger partial charge is 0.358 e. The first-order valence-corrected chi connectivity index (χ1v) is 6.26. The number of carbonyl (C=O) groups is 1. The lowest BCUT2D eigenvalue weighted by atomic mass is 10.3. The van der Waals surface area contributed by atoms with Crippen molar-refractivity contribution in [3.05, 3.63) is 56.4 Å². The normalized spacial score (nSPS) is 10.3. The zero-order valence-electron chi connectivity index (χ0n) is 10.3. The smallest absolute Gasteiger partial charge is 0.323 e. The molecule has 1 amide bonds. The summed E-state index contributed by atoms with van der Waals surface area (Å²) in [6.07, 6.45) is 0. The highest BCUT2D eigenvalue weighted by Crippen LogP contribution is 2.24. The van der Waals surface area contributed by atoms with Crippen LogP contribution in [0.3, 0.4) is 0 Å². The van der Waals surface area contributed by atoms with Crippen LogP contribution in [-0.4, -0.2) is 15.4 Å². The Kier molecular flexibility index (Phi) is 3.84. The lowest BCUT2D eigenvalue weighted by molar-refractivity contribution is -0.391. The van der Waals surface area contributed by atoms with Gasteiger partial charge in [-0.3, -0.25) is 4.79 Å². The van der Waals surface area contributed by atoms with E-state index in [9.17, 15) is 19.3 Å². The first-order valence-electron chi connectivity index (χ1n) is 5.46. The van der Waals surface area contributed by atoms with E-state index >= 15 is 0 Å². The minimum absolute atomic E-state index is 0.105. The summed E-state index contributed by atoms with van der Waals surface area (Å²) in [7, 11) is 1.41. The number of rotatable bonds is 3. The van der Waals surface area contributed by atoms with Gasteiger partial charge in [-0.15, -0.1) is 0 Å². The van der Waals surface area contributed by atoms with E-state index in [-0.39, 0.29) is 17.2 Å². The summed E-state index contributed by atoms with van der Waals surface area (Å²) in [6.45, 7) is 0. The minimum atomic E-state index is -0.588. The molecule has 20 heavy (non-hydrogen) atoms. The van der Waals surface area contributed by atoms with Crippen molar-refractivity contribution in [1.29, 1.82) is 0 Å². The number of nitro groups is 1. The van der Waals surface area contributed by atoms with Gasteiger partial charge in [0.2, 0.25) is 0 Å². The van der Waals surface area contributed by atoms with Crippen molar-refractivity contribution < 1.29 is 14.1 Å². The second kappa shape index (κ2) is 5.41. The Hall–Kier alpha value is -2.22. The van der Waals surface area contributed by atoms with Crippen LogP contribution < -0.4 is 5.32 Å². The number of hydrogen-bond donors (Lipinski definition) is 1. The maximum absolute atomic E-state index is 13.1. The van der Waals surface area contributed by atoms with E-state index in [4.69, 9.17) is 0 Å². The summed E-state index contributed by atoms with van der Waals surface area (Å²) in [5.41, 5.74) is 0.353. The zero-order chi connectivity index (χ0) is 14.9. The van der Waals surface area contributed by atoms with Gasteiger partial charge in [0.25, 0.3) is 5.91 Å². The zero-order valence-corrected chi connectivity index (χ0v) is 11.8. The molecule has 1 heterocycles. The molecule has 8 heteroatoms. The molecule has 0 aliphatic heterocycles. The summed E-state index contributed by atoms with van der Waals surface area (Å²) in [4.78, 5) is 22.2. The third kappa shape index (κ3) is 2.69. The molecule has 0 unspecified atom stereocenters. The lowest BCUT2D eigenvalue weighted by Crippen LogP contribution is -2.16. The Bertz CT molecular complexity index is 699. The first-order chi connectivity index (χ1) is 9.40. The van der Waals surface area contributed by atoms with Gasteiger partial charge in [0, 0.05) is 10.5 Å². The lowest BCUT2D eigenvalue weighted by Gasteiger charge is -2.06. The molecule has 0 bridgehead atoms. The highest BCUT2D eigenvalue weighted by Gasteiger charge is 2.21. The Morgan fingerprint density at radius 1 is 1.40 bits per heavy atom. The summed E-state index contributed by atoms with van der Waals surface area (Å²) >= 11 is 3.18. The molecular formula is C12H9BrFN3O3. The quantitative estimate of drug-likeness (QED) is 0.688. The molecule has 0 saturated carbocycles. The van der Waals surface area contributed by atoms with Gasteiger partial charge >= 0.3 is 5.82 Å². The molecule has 0 aliphatic rings. The SMILES string of the molecule is Cn1c(C(=O)Nc2cc(F)ccc2Br)ccc1[N+](=O)[O-]. The number of halogens is 2. The van der Waals surface area contributed by atoms with Crippen LogP contribution in [0.5, 0.6) is 0 Å². The molecule has 1 N–H and O–H groups in total. The van der Waals surface area contributed by atoms with E-state index in [0.29, 0.717) is 4.47 Å². The Morgan fingerprint density at radius 3 is 2.70 bits per heavy atom. The summed E-state index contributed by atoms with van der Waals surface area (Å²) in [6, 6.07) is 6.42. The molecule has 1 aromatic heterocycles. The highest BCUT2D eigenvalue weighted by molar-refractivity contribution is 9.10. The highest BCUT2D eigenvalue weighted by atomic mass is 79.9. The molecule has 0 saturated heterocycles. The number of nitrogens with zero attached hydrogens (tertiary/aromatic N) is 2. The van der Waals surface area contributed by atoms with Crippen LogP contribution in [0.25, 0.3) is 0 Å². The maximum atomic E-state index is 13.1. The minimum Gasteiger partial charge on any atom is -0.358 e. The van der Waals surface area contributed by atoms with Crippen LogP contribution in [0, 0.1) is 15.9 Å². The third-order valence-corrected chi connectivity index (χ3v) is 3.38. The van der Waals surface area contributed by atoms with Gasteiger partial charge in [-0.1, -0.05) is 0 Å². The Labute approximate surface area is 121 Å². The van der Waals surface area contributed by atoms with Crippen molar-refractivity contribution in [2.24, 2.45) is 7.05 Å². The van der Waals surface area contributed by atoms with Crippen LogP contribution in [0.1, 0.15) is 10.5 Å². The van der Waals surface area contributed by atoms with Crippen molar-refractivity contribution in [2.75, 3.05) is 5.32 Å². The Balaban J connectivity index is 2.29. The number of benzene rings is 1. The van der Waals surface area contributed by atoms with Crippen LogP contribution in [0.2, 0.25) is 0 Å². The number of nitrogens with one attached hydrogen (secondary N) is 1. The molecule has 2 aromatic rings. The van der Waals surface area contributed by atoms with Gasteiger partial charge in [-0.2, -0.15) is 0 Å². The fraction of sp³-hybridized carbons (Fsp3) is 0.0833. The van der Waals surface area contributed by atoms with E-state index in [1.807, 2.05) is 0 Å². The predicted octanol–water partition coefficient (Wildman–Crippen LogP) is 3.09. The summed E-state index contributed by atoms with van der Waals surface area (Å²) in [5, 5.41) is 13.2. The van der Waals surface area contributed by atoms with Crippen LogP contribution in [-0.2, 0) is 7.05 Å². The van der Waals surface area contributed by atoms with Gasteiger partial charge in [0.05, 0.1) is 12.7 Å². The summed E-state index contributed by atoms with van der Waals surface area (Å²) < 4.78 is 14.8. The standard InChI is InChI=1S/C12H9BrFN3O3/c1-16-10(4-5-11(16)17(19)20)12(18)15-9-6-7(14)2-3-8(9)13/h2-6H,1H3,(H,15,18). The van der Waals surface area contributed by atoms with Gasteiger partial charge in [-0.25, -0.2) is 8.96 Å². The van der Waals surface area contributed by atoms with Crippen LogP contribution in [0.15, 0.2) is 34.8 Å². The van der Waals surface area contributed by atoms with Crippen molar-refractivity contribution >= 4 is 33.3 Å². The first kappa shape index (κ1) is 14.2. The van der Waals surface area contributed by atoms with Crippen LogP contribution >= 0.6 is 15.9 Å². The van der Waals surface area contributed by atoms with E-state index in [1.165, 1.54) is 31.3 Å². The predicted molar refractivity (Wildman–Crippen MR) is 74.1 cm³/mol. The molecule has 0 atom stereocenters. The Morgan fingerprint density at radius 2 is 2.10 bits per heavy atom. The van der Waals surface area contributed by atoms with E-state index in [2.05, 4.69) is 21.2 Å². The number of carbonyl (C=O) groups excluding carboxylic acids is 1. The second-order valence-electron chi connectivity index (χ2n) is 3.97. The van der Waals surface area contributed by atoms with Gasteiger partial charge in [0.1, 0.15) is 5.82 Å². The molecule has 6 nitrogen and oxygen atoms in total. The number of amides is 1. The second-order valence-corrected chi connectivity index (χ2v) is 4.83. The molecule has 0 radical (unpaired) electrons. The number of hydrogen-bond acceptors (Lipinski definition) is 3. The van der Waals surface area contributed by atoms with Gasteiger partial charge in [-0.05, 0) is 45.1 Å². The van der Waals surface area contributed by atoms with E-state index in [0.717, 1.165) is 10.6 Å². The molecule has 1 aromatic carbocycles. The average Bonchev–Trinajstić information content (AvgIpc) is 2.76. The van der Waals surface area contributed by atoms with Crippen molar-refractivity contribution in [3.63, 3.8) is 0 Å².